The highest BCUT2D eigenvalue weighted by Crippen LogP contribution is 2.20. The average molecular weight is 290 g/mol. The van der Waals surface area contributed by atoms with E-state index in [1.165, 1.54) is 11.3 Å². The zero-order chi connectivity index (χ0) is 14.7. The Morgan fingerprint density at radius 3 is 2.65 bits per heavy atom. The molecule has 1 aromatic carbocycles. The molecule has 1 heterocycles. The largest absolute Gasteiger partial charge is 0.478 e. The molecule has 2 aromatic rings. The van der Waals surface area contributed by atoms with Gasteiger partial charge >= 0.3 is 5.97 Å². The summed E-state index contributed by atoms with van der Waals surface area (Å²) in [7, 11) is 0. The van der Waals surface area contributed by atoms with Gasteiger partial charge in [-0.2, -0.15) is 0 Å². The molecule has 6 heteroatoms. The lowest BCUT2D eigenvalue weighted by atomic mass is 10.1. The first kappa shape index (κ1) is 14.1. The average Bonchev–Trinajstić information content (AvgIpc) is 2.86. The van der Waals surface area contributed by atoms with Crippen LogP contribution < -0.4 is 11.1 Å². The molecule has 1 amide bonds. The third-order valence-electron chi connectivity index (χ3n) is 2.88. The predicted octanol–water partition coefficient (Wildman–Crippen LogP) is 2.47. The fourth-order valence-corrected chi connectivity index (χ4v) is 2.54. The van der Waals surface area contributed by atoms with E-state index in [-0.39, 0.29) is 5.56 Å². The Labute approximate surface area is 120 Å². The van der Waals surface area contributed by atoms with Crippen LogP contribution in [-0.2, 0) is 6.54 Å². The second kappa shape index (κ2) is 5.75. The minimum atomic E-state index is -0.958. The number of carboxylic acid groups (broad SMARTS) is 1. The number of rotatable bonds is 5. The van der Waals surface area contributed by atoms with E-state index in [2.05, 4.69) is 5.32 Å². The standard InChI is InChI=1S/C14H14N2O3S/c1-8-2-3-9(14(18)19)5-12(8)16-6-11-4-10(7-20-11)13(15)17/h2-5,7,16H,6H2,1H3,(H2,15,17)(H,18,19). The Bertz CT molecular complexity index is 664. The Morgan fingerprint density at radius 1 is 1.30 bits per heavy atom. The second-order valence-corrected chi connectivity index (χ2v) is 5.35. The fourth-order valence-electron chi connectivity index (χ4n) is 1.73. The SMILES string of the molecule is Cc1ccc(C(=O)O)cc1NCc1cc(C(N)=O)cs1. The number of aryl methyl sites for hydroxylation is 1. The maximum atomic E-state index is 11.0. The summed E-state index contributed by atoms with van der Waals surface area (Å²) in [6, 6.07) is 6.66. The molecule has 104 valence electrons. The summed E-state index contributed by atoms with van der Waals surface area (Å²) < 4.78 is 0. The van der Waals surface area contributed by atoms with E-state index in [0.717, 1.165) is 16.1 Å². The van der Waals surface area contributed by atoms with Crippen LogP contribution in [0.4, 0.5) is 5.69 Å². The van der Waals surface area contributed by atoms with E-state index in [1.54, 1.807) is 29.6 Å². The molecular formula is C14H14N2O3S. The molecule has 5 nitrogen and oxygen atoms in total. The molecule has 2 rings (SSSR count). The van der Waals surface area contributed by atoms with E-state index < -0.39 is 11.9 Å². The third kappa shape index (κ3) is 3.16. The van der Waals surface area contributed by atoms with Gasteiger partial charge < -0.3 is 16.2 Å². The topological polar surface area (TPSA) is 92.4 Å². The van der Waals surface area contributed by atoms with Crippen LogP contribution >= 0.6 is 11.3 Å². The molecule has 0 fully saturated rings. The monoisotopic (exact) mass is 290 g/mol. The van der Waals surface area contributed by atoms with Gasteiger partial charge in [-0.1, -0.05) is 6.07 Å². The zero-order valence-corrected chi connectivity index (χ0v) is 11.7. The number of thiophene rings is 1. The summed E-state index contributed by atoms with van der Waals surface area (Å²) >= 11 is 1.43. The molecule has 0 bridgehead atoms. The van der Waals surface area contributed by atoms with Gasteiger partial charge in [0.15, 0.2) is 0 Å². The van der Waals surface area contributed by atoms with Crippen LogP contribution in [0.5, 0.6) is 0 Å². The summed E-state index contributed by atoms with van der Waals surface area (Å²) in [5.41, 5.74) is 7.64. The fraction of sp³-hybridized carbons (Fsp3) is 0.143. The van der Waals surface area contributed by atoms with Crippen LogP contribution in [0.2, 0.25) is 0 Å². The molecule has 20 heavy (non-hydrogen) atoms. The third-order valence-corrected chi connectivity index (χ3v) is 3.81. The Kier molecular flexibility index (Phi) is 4.05. The highest BCUT2D eigenvalue weighted by atomic mass is 32.1. The van der Waals surface area contributed by atoms with Gasteiger partial charge in [-0.25, -0.2) is 4.79 Å². The molecule has 0 aliphatic heterocycles. The number of carbonyl (C=O) groups is 2. The molecule has 0 saturated heterocycles. The van der Waals surface area contributed by atoms with Gasteiger partial charge in [-0.05, 0) is 30.7 Å². The molecule has 0 aliphatic rings. The van der Waals surface area contributed by atoms with Crippen LogP contribution in [0, 0.1) is 6.92 Å². The van der Waals surface area contributed by atoms with Gasteiger partial charge in [0.25, 0.3) is 0 Å². The van der Waals surface area contributed by atoms with Crippen molar-refractivity contribution in [2.75, 3.05) is 5.32 Å². The van der Waals surface area contributed by atoms with Crippen molar-refractivity contribution in [3.63, 3.8) is 0 Å². The lowest BCUT2D eigenvalue weighted by molar-refractivity contribution is 0.0696. The first-order valence-corrected chi connectivity index (χ1v) is 6.80. The number of hydrogen-bond acceptors (Lipinski definition) is 4. The van der Waals surface area contributed by atoms with E-state index in [1.807, 2.05) is 6.92 Å². The van der Waals surface area contributed by atoms with Gasteiger partial charge in [-0.3, -0.25) is 4.79 Å². The molecule has 0 atom stereocenters. The lowest BCUT2D eigenvalue weighted by Gasteiger charge is -2.09. The van der Waals surface area contributed by atoms with Crippen LogP contribution in [0.15, 0.2) is 29.6 Å². The molecule has 4 N–H and O–H groups in total. The van der Waals surface area contributed by atoms with Crippen molar-refractivity contribution in [1.82, 2.24) is 0 Å². The maximum absolute atomic E-state index is 11.0. The minimum absolute atomic E-state index is 0.238. The summed E-state index contributed by atoms with van der Waals surface area (Å²) in [5, 5.41) is 13.9. The summed E-state index contributed by atoms with van der Waals surface area (Å²) in [6.07, 6.45) is 0. The number of nitrogens with one attached hydrogen (secondary N) is 1. The molecular weight excluding hydrogens is 276 g/mol. The number of anilines is 1. The molecule has 1 aromatic heterocycles. The Morgan fingerprint density at radius 2 is 2.05 bits per heavy atom. The van der Waals surface area contributed by atoms with Crippen LogP contribution in [0.25, 0.3) is 0 Å². The van der Waals surface area contributed by atoms with Gasteiger partial charge in [0.05, 0.1) is 11.1 Å². The number of hydrogen-bond donors (Lipinski definition) is 3. The number of benzene rings is 1. The quantitative estimate of drug-likeness (QED) is 0.788. The van der Waals surface area contributed by atoms with Crippen molar-refractivity contribution >= 4 is 28.9 Å². The van der Waals surface area contributed by atoms with Crippen molar-refractivity contribution in [2.45, 2.75) is 13.5 Å². The predicted molar refractivity (Wildman–Crippen MR) is 78.3 cm³/mol. The highest BCUT2D eigenvalue weighted by Gasteiger charge is 2.08. The molecule has 0 unspecified atom stereocenters. The molecule has 0 saturated carbocycles. The van der Waals surface area contributed by atoms with E-state index >= 15 is 0 Å². The van der Waals surface area contributed by atoms with Crippen molar-refractivity contribution in [2.24, 2.45) is 5.73 Å². The van der Waals surface area contributed by atoms with Crippen molar-refractivity contribution in [3.8, 4) is 0 Å². The lowest BCUT2D eigenvalue weighted by Crippen LogP contribution is -2.09. The number of aromatic carboxylic acids is 1. The first-order chi connectivity index (χ1) is 9.47. The number of nitrogens with two attached hydrogens (primary N) is 1. The van der Waals surface area contributed by atoms with Crippen LogP contribution in [0.3, 0.4) is 0 Å². The normalized spacial score (nSPS) is 10.2. The minimum Gasteiger partial charge on any atom is -0.478 e. The highest BCUT2D eigenvalue weighted by molar-refractivity contribution is 7.10. The van der Waals surface area contributed by atoms with E-state index in [9.17, 15) is 9.59 Å². The smallest absolute Gasteiger partial charge is 0.335 e. The maximum Gasteiger partial charge on any atom is 0.335 e. The number of primary amides is 1. The van der Waals surface area contributed by atoms with Crippen molar-refractivity contribution in [3.05, 3.63) is 51.2 Å². The van der Waals surface area contributed by atoms with E-state index in [4.69, 9.17) is 10.8 Å². The summed E-state index contributed by atoms with van der Waals surface area (Å²) in [5.74, 6) is -1.41. The Hall–Kier alpha value is -2.34. The molecule has 0 radical (unpaired) electrons. The zero-order valence-electron chi connectivity index (χ0n) is 10.8. The van der Waals surface area contributed by atoms with Gasteiger partial charge in [0.2, 0.25) is 5.91 Å². The van der Waals surface area contributed by atoms with Crippen LogP contribution in [-0.4, -0.2) is 17.0 Å². The molecule has 0 spiro atoms. The number of carbonyl (C=O) groups excluding carboxylic acids is 1. The van der Waals surface area contributed by atoms with Gasteiger partial charge in [-0.15, -0.1) is 11.3 Å². The van der Waals surface area contributed by atoms with E-state index in [0.29, 0.717) is 12.1 Å². The second-order valence-electron chi connectivity index (χ2n) is 4.35. The summed E-state index contributed by atoms with van der Waals surface area (Å²) in [4.78, 5) is 22.9. The number of amides is 1. The molecule has 0 aliphatic carbocycles. The van der Waals surface area contributed by atoms with Gasteiger partial charge in [0.1, 0.15) is 0 Å². The van der Waals surface area contributed by atoms with Gasteiger partial charge in [0, 0.05) is 22.5 Å². The Balaban J connectivity index is 2.11. The van der Waals surface area contributed by atoms with Crippen LogP contribution in [0.1, 0.15) is 31.2 Å². The summed E-state index contributed by atoms with van der Waals surface area (Å²) in [6.45, 7) is 2.42. The van der Waals surface area contributed by atoms with Crippen molar-refractivity contribution < 1.29 is 14.7 Å². The van der Waals surface area contributed by atoms with Crippen molar-refractivity contribution in [1.29, 1.82) is 0 Å². The number of carboxylic acids is 1. The first-order valence-electron chi connectivity index (χ1n) is 5.92.